The summed E-state index contributed by atoms with van der Waals surface area (Å²) in [6.45, 7) is 1.71. The predicted octanol–water partition coefficient (Wildman–Crippen LogP) is 1.19. The molecular formula is C11H20O4S. The molecule has 0 aromatic carbocycles. The maximum absolute atomic E-state index is 11.9. The van der Waals surface area contributed by atoms with Gasteiger partial charge in [0.1, 0.15) is 15.9 Å². The van der Waals surface area contributed by atoms with Gasteiger partial charge in [-0.2, -0.15) is 0 Å². The number of rotatable bonds is 4. The number of ketones is 1. The van der Waals surface area contributed by atoms with E-state index in [1.807, 2.05) is 0 Å². The minimum Gasteiger partial charge on any atom is -0.374 e. The van der Waals surface area contributed by atoms with Crippen molar-refractivity contribution in [3.05, 3.63) is 0 Å². The van der Waals surface area contributed by atoms with Crippen molar-refractivity contribution in [2.24, 2.45) is 5.92 Å². The first-order valence-electron chi connectivity index (χ1n) is 5.61. The van der Waals surface area contributed by atoms with Crippen LogP contribution in [0.3, 0.4) is 0 Å². The summed E-state index contributed by atoms with van der Waals surface area (Å²) in [4.78, 5) is 11.9. The molecule has 0 spiro atoms. The van der Waals surface area contributed by atoms with Gasteiger partial charge in [-0.05, 0) is 26.2 Å². The lowest BCUT2D eigenvalue weighted by Gasteiger charge is -2.28. The molecule has 0 aliphatic heterocycles. The lowest BCUT2D eigenvalue weighted by atomic mass is 9.84. The average molecular weight is 248 g/mol. The molecule has 0 bridgehead atoms. The first kappa shape index (κ1) is 13.6. The highest BCUT2D eigenvalue weighted by Crippen LogP contribution is 2.30. The Morgan fingerprint density at radius 1 is 1.38 bits per heavy atom. The molecule has 3 unspecified atom stereocenters. The molecule has 0 aromatic heterocycles. The lowest BCUT2D eigenvalue weighted by molar-refractivity contribution is -0.132. The molecule has 1 fully saturated rings. The zero-order valence-corrected chi connectivity index (χ0v) is 10.9. The van der Waals surface area contributed by atoms with Crippen LogP contribution in [0.1, 0.15) is 32.6 Å². The first-order valence-corrected chi connectivity index (χ1v) is 7.57. The molecule has 0 saturated heterocycles. The number of Topliss-reactive ketones (excluding diaryl/α,β-unsaturated/α-hetero) is 1. The summed E-state index contributed by atoms with van der Waals surface area (Å²) >= 11 is 0. The number of carbonyl (C=O) groups is 1. The van der Waals surface area contributed by atoms with Gasteiger partial charge >= 0.3 is 0 Å². The Kier molecular flexibility index (Phi) is 4.50. The summed E-state index contributed by atoms with van der Waals surface area (Å²) in [7, 11) is -1.52. The van der Waals surface area contributed by atoms with Crippen molar-refractivity contribution in [1.29, 1.82) is 0 Å². The van der Waals surface area contributed by atoms with Crippen LogP contribution in [0, 0.1) is 5.92 Å². The van der Waals surface area contributed by atoms with Gasteiger partial charge in [0.05, 0.1) is 5.25 Å². The number of ether oxygens (including phenoxy) is 1. The van der Waals surface area contributed by atoms with Crippen molar-refractivity contribution in [2.75, 3.05) is 13.4 Å². The van der Waals surface area contributed by atoms with Crippen LogP contribution in [-0.2, 0) is 19.4 Å². The largest absolute Gasteiger partial charge is 0.374 e. The molecule has 3 atom stereocenters. The third-order valence-electron chi connectivity index (χ3n) is 3.39. The van der Waals surface area contributed by atoms with Crippen molar-refractivity contribution in [3.8, 4) is 0 Å². The summed E-state index contributed by atoms with van der Waals surface area (Å²) in [5.41, 5.74) is 0. The van der Waals surface area contributed by atoms with Crippen LogP contribution in [0.25, 0.3) is 0 Å². The second-order valence-corrected chi connectivity index (χ2v) is 6.92. The van der Waals surface area contributed by atoms with Gasteiger partial charge in [-0.1, -0.05) is 6.42 Å². The van der Waals surface area contributed by atoms with E-state index in [0.717, 1.165) is 12.8 Å². The lowest BCUT2D eigenvalue weighted by Crippen LogP contribution is -2.35. The topological polar surface area (TPSA) is 60.4 Å². The monoisotopic (exact) mass is 248 g/mol. The Hall–Kier alpha value is -0.420. The molecule has 16 heavy (non-hydrogen) atoms. The highest BCUT2D eigenvalue weighted by Gasteiger charge is 2.33. The average Bonchev–Trinajstić information content (AvgIpc) is 2.26. The number of sulfone groups is 1. The molecule has 0 N–H and O–H groups in total. The molecule has 4 nitrogen and oxygen atoms in total. The summed E-state index contributed by atoms with van der Waals surface area (Å²) < 4.78 is 27.9. The maximum atomic E-state index is 11.9. The van der Waals surface area contributed by atoms with Crippen LogP contribution in [0.2, 0.25) is 0 Å². The SMILES string of the molecule is COC(C)C(=O)C1CCCC(S(C)(=O)=O)C1. The first-order chi connectivity index (χ1) is 7.36. The van der Waals surface area contributed by atoms with Crippen LogP contribution in [-0.4, -0.2) is 38.9 Å². The van der Waals surface area contributed by atoms with Crippen molar-refractivity contribution < 1.29 is 17.9 Å². The fourth-order valence-electron chi connectivity index (χ4n) is 2.24. The third-order valence-corrected chi connectivity index (χ3v) is 5.03. The minimum absolute atomic E-state index is 0.0378. The fourth-order valence-corrected chi connectivity index (χ4v) is 3.42. The zero-order valence-electron chi connectivity index (χ0n) is 10.1. The van der Waals surface area contributed by atoms with E-state index in [4.69, 9.17) is 4.74 Å². The quantitative estimate of drug-likeness (QED) is 0.750. The van der Waals surface area contributed by atoms with E-state index >= 15 is 0 Å². The summed E-state index contributed by atoms with van der Waals surface area (Å²) in [6.07, 6.45) is 3.58. The normalized spacial score (nSPS) is 28.7. The highest BCUT2D eigenvalue weighted by atomic mass is 32.2. The summed E-state index contributed by atoms with van der Waals surface area (Å²) in [5, 5.41) is -0.348. The Labute approximate surface area is 97.3 Å². The van der Waals surface area contributed by atoms with Gasteiger partial charge in [0.2, 0.25) is 0 Å². The molecule has 0 amide bonds. The van der Waals surface area contributed by atoms with Gasteiger partial charge in [0.15, 0.2) is 5.78 Å². The van der Waals surface area contributed by atoms with Gasteiger partial charge in [0, 0.05) is 19.3 Å². The van der Waals surface area contributed by atoms with E-state index in [1.54, 1.807) is 6.92 Å². The third kappa shape index (κ3) is 3.28. The molecule has 1 aliphatic rings. The number of hydrogen-bond acceptors (Lipinski definition) is 4. The Morgan fingerprint density at radius 3 is 2.50 bits per heavy atom. The van der Waals surface area contributed by atoms with Crippen LogP contribution in [0.4, 0.5) is 0 Å². The van der Waals surface area contributed by atoms with Crippen LogP contribution in [0.15, 0.2) is 0 Å². The van der Waals surface area contributed by atoms with Gasteiger partial charge in [-0.15, -0.1) is 0 Å². The Balaban J connectivity index is 2.68. The van der Waals surface area contributed by atoms with Crippen molar-refractivity contribution in [1.82, 2.24) is 0 Å². The van der Waals surface area contributed by atoms with Gasteiger partial charge in [-0.3, -0.25) is 4.79 Å². The molecule has 1 aliphatic carbocycles. The highest BCUT2D eigenvalue weighted by molar-refractivity contribution is 7.91. The van der Waals surface area contributed by atoms with E-state index in [-0.39, 0.29) is 17.0 Å². The molecule has 1 saturated carbocycles. The molecule has 1 rings (SSSR count). The second kappa shape index (κ2) is 5.27. The molecule has 0 heterocycles. The summed E-state index contributed by atoms with van der Waals surface area (Å²) in [5.74, 6) is -0.112. The smallest absolute Gasteiger partial charge is 0.164 e. The fraction of sp³-hybridized carbons (Fsp3) is 0.909. The molecule has 5 heteroatoms. The van der Waals surface area contributed by atoms with Gasteiger partial charge in [-0.25, -0.2) is 8.42 Å². The molecule has 0 aromatic rings. The second-order valence-electron chi connectivity index (χ2n) is 4.60. The molecular weight excluding hydrogens is 228 g/mol. The van der Waals surface area contributed by atoms with Gasteiger partial charge < -0.3 is 4.74 Å². The number of methoxy groups -OCH3 is 1. The van der Waals surface area contributed by atoms with E-state index in [9.17, 15) is 13.2 Å². The van der Waals surface area contributed by atoms with Crippen molar-refractivity contribution in [3.63, 3.8) is 0 Å². The van der Waals surface area contributed by atoms with E-state index < -0.39 is 15.9 Å². The molecule has 0 radical (unpaired) electrons. The van der Waals surface area contributed by atoms with Crippen LogP contribution >= 0.6 is 0 Å². The van der Waals surface area contributed by atoms with Crippen LogP contribution < -0.4 is 0 Å². The number of carbonyl (C=O) groups excluding carboxylic acids is 1. The Bertz CT molecular complexity index is 347. The van der Waals surface area contributed by atoms with E-state index in [0.29, 0.717) is 12.8 Å². The van der Waals surface area contributed by atoms with Gasteiger partial charge in [0.25, 0.3) is 0 Å². The van der Waals surface area contributed by atoms with E-state index in [2.05, 4.69) is 0 Å². The van der Waals surface area contributed by atoms with Crippen LogP contribution in [0.5, 0.6) is 0 Å². The van der Waals surface area contributed by atoms with E-state index in [1.165, 1.54) is 13.4 Å². The predicted molar refractivity (Wildman–Crippen MR) is 62.1 cm³/mol. The Morgan fingerprint density at radius 2 is 2.00 bits per heavy atom. The maximum Gasteiger partial charge on any atom is 0.164 e. The number of hydrogen-bond donors (Lipinski definition) is 0. The van der Waals surface area contributed by atoms with Crippen molar-refractivity contribution in [2.45, 2.75) is 44.0 Å². The van der Waals surface area contributed by atoms with Crippen molar-refractivity contribution >= 4 is 15.6 Å². The zero-order chi connectivity index (χ0) is 12.3. The minimum atomic E-state index is -3.02. The summed E-state index contributed by atoms with van der Waals surface area (Å²) in [6, 6.07) is 0. The molecule has 94 valence electrons. The standard InChI is InChI=1S/C11H20O4S/c1-8(15-2)11(12)9-5-4-6-10(7-9)16(3,13)14/h8-10H,4-7H2,1-3H3.